The Hall–Kier alpha value is -1.26. The zero-order valence-electron chi connectivity index (χ0n) is 8.41. The van der Waals surface area contributed by atoms with Gasteiger partial charge >= 0.3 is 6.09 Å². The van der Waals surface area contributed by atoms with Crippen molar-refractivity contribution in [2.75, 3.05) is 26.2 Å². The van der Waals surface area contributed by atoms with Crippen LogP contribution in [0.15, 0.2) is 0 Å². The van der Waals surface area contributed by atoms with Crippen LogP contribution in [0, 0.1) is 0 Å². The molecule has 0 spiro atoms. The maximum atomic E-state index is 11.3. The molecule has 1 N–H and O–H groups in total. The fraction of sp³-hybridized carbons (Fsp3) is 0.778. The molecule has 2 amide bonds. The molecule has 0 saturated carbocycles. The van der Waals surface area contributed by atoms with E-state index in [-0.39, 0.29) is 12.5 Å². The Kier molecular flexibility index (Phi) is 4.22. The summed E-state index contributed by atoms with van der Waals surface area (Å²) >= 11 is 0. The SMILES string of the molecule is CCCCNC(=O)CN1CCOC1=O. The molecular formula is C9H16N2O3. The van der Waals surface area contributed by atoms with Gasteiger partial charge in [-0.15, -0.1) is 0 Å². The van der Waals surface area contributed by atoms with E-state index < -0.39 is 6.09 Å². The number of nitrogens with one attached hydrogen (secondary N) is 1. The molecule has 0 unspecified atom stereocenters. The molecule has 0 atom stereocenters. The molecule has 5 heteroatoms. The van der Waals surface area contributed by atoms with Crippen molar-refractivity contribution < 1.29 is 14.3 Å². The van der Waals surface area contributed by atoms with Crippen LogP contribution in [-0.2, 0) is 9.53 Å². The van der Waals surface area contributed by atoms with Gasteiger partial charge in [-0.2, -0.15) is 0 Å². The summed E-state index contributed by atoms with van der Waals surface area (Å²) in [4.78, 5) is 23.6. The number of amides is 2. The van der Waals surface area contributed by atoms with Crippen LogP contribution >= 0.6 is 0 Å². The van der Waals surface area contributed by atoms with E-state index >= 15 is 0 Å². The fourth-order valence-corrected chi connectivity index (χ4v) is 1.20. The van der Waals surface area contributed by atoms with Gasteiger partial charge in [0.25, 0.3) is 0 Å². The Bertz CT molecular complexity index is 218. The molecule has 0 bridgehead atoms. The lowest BCUT2D eigenvalue weighted by Crippen LogP contribution is -2.37. The van der Waals surface area contributed by atoms with Gasteiger partial charge in [0.05, 0.1) is 6.54 Å². The number of carbonyl (C=O) groups excluding carboxylic acids is 2. The molecule has 1 aliphatic heterocycles. The molecule has 80 valence electrons. The first-order chi connectivity index (χ1) is 6.74. The molecule has 5 nitrogen and oxygen atoms in total. The van der Waals surface area contributed by atoms with Crippen molar-refractivity contribution in [1.82, 2.24) is 10.2 Å². The summed E-state index contributed by atoms with van der Waals surface area (Å²) in [7, 11) is 0. The van der Waals surface area contributed by atoms with Crippen LogP contribution in [0.2, 0.25) is 0 Å². The third-order valence-corrected chi connectivity index (χ3v) is 2.03. The molecule has 0 aromatic heterocycles. The van der Waals surface area contributed by atoms with Crippen LogP contribution in [0.25, 0.3) is 0 Å². The van der Waals surface area contributed by atoms with Gasteiger partial charge in [0, 0.05) is 6.54 Å². The number of unbranched alkanes of at least 4 members (excludes halogenated alkanes) is 1. The predicted octanol–water partition coefficient (Wildman–Crippen LogP) is 0.355. The van der Waals surface area contributed by atoms with E-state index in [2.05, 4.69) is 12.2 Å². The predicted molar refractivity (Wildman–Crippen MR) is 50.8 cm³/mol. The third kappa shape index (κ3) is 3.24. The van der Waals surface area contributed by atoms with Crippen LogP contribution in [0.4, 0.5) is 4.79 Å². The summed E-state index contributed by atoms with van der Waals surface area (Å²) in [6.07, 6.45) is 1.62. The van der Waals surface area contributed by atoms with Crippen molar-refractivity contribution in [2.24, 2.45) is 0 Å². The second-order valence-corrected chi connectivity index (χ2v) is 3.24. The maximum absolute atomic E-state index is 11.3. The molecule has 14 heavy (non-hydrogen) atoms. The smallest absolute Gasteiger partial charge is 0.410 e. The minimum atomic E-state index is -0.393. The van der Waals surface area contributed by atoms with Gasteiger partial charge in [0.1, 0.15) is 13.2 Å². The highest BCUT2D eigenvalue weighted by Crippen LogP contribution is 2.01. The van der Waals surface area contributed by atoms with Crippen LogP contribution < -0.4 is 5.32 Å². The molecule has 0 aliphatic carbocycles. The Morgan fingerprint density at radius 1 is 1.64 bits per heavy atom. The van der Waals surface area contributed by atoms with Crippen molar-refractivity contribution in [3.05, 3.63) is 0 Å². The van der Waals surface area contributed by atoms with Gasteiger partial charge in [-0.05, 0) is 6.42 Å². The number of carbonyl (C=O) groups is 2. The average Bonchev–Trinajstić information content (AvgIpc) is 2.52. The Labute approximate surface area is 83.4 Å². The summed E-state index contributed by atoms with van der Waals surface area (Å²) < 4.78 is 4.70. The molecule has 0 aromatic carbocycles. The third-order valence-electron chi connectivity index (χ3n) is 2.03. The van der Waals surface area contributed by atoms with E-state index in [1.165, 1.54) is 4.90 Å². The van der Waals surface area contributed by atoms with Crippen molar-refractivity contribution >= 4 is 12.0 Å². The number of nitrogens with zero attached hydrogens (tertiary/aromatic N) is 1. The van der Waals surface area contributed by atoms with Crippen LogP contribution in [-0.4, -0.2) is 43.1 Å². The zero-order valence-corrected chi connectivity index (χ0v) is 8.41. The Morgan fingerprint density at radius 2 is 2.43 bits per heavy atom. The number of hydrogen-bond donors (Lipinski definition) is 1. The second-order valence-electron chi connectivity index (χ2n) is 3.24. The average molecular weight is 200 g/mol. The standard InChI is InChI=1S/C9H16N2O3/c1-2-3-4-10-8(12)7-11-5-6-14-9(11)13/h2-7H2,1H3,(H,10,12). The minimum absolute atomic E-state index is 0.114. The lowest BCUT2D eigenvalue weighted by molar-refractivity contribution is -0.121. The van der Waals surface area contributed by atoms with Gasteiger partial charge in [-0.1, -0.05) is 13.3 Å². The van der Waals surface area contributed by atoms with Crippen molar-refractivity contribution in [3.8, 4) is 0 Å². The van der Waals surface area contributed by atoms with E-state index in [0.29, 0.717) is 19.7 Å². The molecule has 0 radical (unpaired) electrons. The molecule has 1 saturated heterocycles. The quantitative estimate of drug-likeness (QED) is 0.652. The molecule has 0 aromatic rings. The van der Waals surface area contributed by atoms with E-state index in [4.69, 9.17) is 4.74 Å². The maximum Gasteiger partial charge on any atom is 0.410 e. The van der Waals surface area contributed by atoms with Gasteiger partial charge < -0.3 is 10.1 Å². The van der Waals surface area contributed by atoms with E-state index in [9.17, 15) is 9.59 Å². The van der Waals surface area contributed by atoms with E-state index in [1.807, 2.05) is 0 Å². The number of rotatable bonds is 5. The summed E-state index contributed by atoms with van der Waals surface area (Å²) in [5, 5.41) is 2.74. The zero-order chi connectivity index (χ0) is 10.4. The first kappa shape index (κ1) is 10.8. The topological polar surface area (TPSA) is 58.6 Å². The molecule has 1 fully saturated rings. The Balaban J connectivity index is 2.16. The van der Waals surface area contributed by atoms with Crippen molar-refractivity contribution in [3.63, 3.8) is 0 Å². The fourth-order valence-electron chi connectivity index (χ4n) is 1.20. The molecule has 1 rings (SSSR count). The highest BCUT2D eigenvalue weighted by Gasteiger charge is 2.23. The lowest BCUT2D eigenvalue weighted by atomic mass is 10.3. The van der Waals surface area contributed by atoms with Crippen LogP contribution in [0.3, 0.4) is 0 Å². The van der Waals surface area contributed by atoms with Crippen molar-refractivity contribution in [2.45, 2.75) is 19.8 Å². The molecule has 1 heterocycles. The van der Waals surface area contributed by atoms with Crippen LogP contribution in [0.5, 0.6) is 0 Å². The van der Waals surface area contributed by atoms with Crippen LogP contribution in [0.1, 0.15) is 19.8 Å². The number of hydrogen-bond acceptors (Lipinski definition) is 3. The highest BCUT2D eigenvalue weighted by atomic mass is 16.6. The lowest BCUT2D eigenvalue weighted by Gasteiger charge is -2.11. The summed E-state index contributed by atoms with van der Waals surface area (Å²) in [6.45, 7) is 3.76. The molecular weight excluding hydrogens is 184 g/mol. The largest absolute Gasteiger partial charge is 0.448 e. The minimum Gasteiger partial charge on any atom is -0.448 e. The van der Waals surface area contributed by atoms with Gasteiger partial charge in [-0.3, -0.25) is 9.69 Å². The summed E-state index contributed by atoms with van der Waals surface area (Å²) in [5.41, 5.74) is 0. The van der Waals surface area contributed by atoms with E-state index in [1.54, 1.807) is 0 Å². The summed E-state index contributed by atoms with van der Waals surface area (Å²) in [5.74, 6) is -0.114. The highest BCUT2D eigenvalue weighted by molar-refractivity contribution is 5.82. The van der Waals surface area contributed by atoms with Gasteiger partial charge in [0.15, 0.2) is 0 Å². The second kappa shape index (κ2) is 5.47. The van der Waals surface area contributed by atoms with E-state index in [0.717, 1.165) is 12.8 Å². The number of cyclic esters (lactones) is 1. The van der Waals surface area contributed by atoms with Gasteiger partial charge in [-0.25, -0.2) is 4.79 Å². The molecule has 1 aliphatic rings. The Morgan fingerprint density at radius 3 is 3.00 bits per heavy atom. The van der Waals surface area contributed by atoms with Crippen molar-refractivity contribution in [1.29, 1.82) is 0 Å². The normalized spacial score (nSPS) is 15.5. The van der Waals surface area contributed by atoms with Gasteiger partial charge in [0.2, 0.25) is 5.91 Å². The summed E-state index contributed by atoms with van der Waals surface area (Å²) in [6, 6.07) is 0. The first-order valence-electron chi connectivity index (χ1n) is 4.92. The number of ether oxygens (including phenoxy) is 1. The monoisotopic (exact) mass is 200 g/mol. The first-order valence-corrected chi connectivity index (χ1v) is 4.92.